The summed E-state index contributed by atoms with van der Waals surface area (Å²) >= 11 is 0. The van der Waals surface area contributed by atoms with Crippen molar-refractivity contribution in [2.24, 2.45) is 0 Å². The number of fused-ring (bicyclic) bond motifs is 5. The maximum absolute atomic E-state index is 6.47. The second-order valence-electron chi connectivity index (χ2n) is 8.61. The summed E-state index contributed by atoms with van der Waals surface area (Å²) < 4.78 is 6.47. The number of allylic oxidation sites excluding steroid dienone is 1. The monoisotopic (exact) mass is 379 g/mol. The van der Waals surface area contributed by atoms with Crippen LogP contribution in [0.2, 0.25) is 0 Å². The molecule has 144 valence electrons. The van der Waals surface area contributed by atoms with Crippen molar-refractivity contribution in [2.45, 2.75) is 33.2 Å². The fourth-order valence-electron chi connectivity index (χ4n) is 4.55. The lowest BCUT2D eigenvalue weighted by Crippen LogP contribution is -2.32. The molecule has 2 aliphatic rings. The van der Waals surface area contributed by atoms with Gasteiger partial charge >= 0.3 is 0 Å². The summed E-state index contributed by atoms with van der Waals surface area (Å²) in [5, 5.41) is 3.68. The van der Waals surface area contributed by atoms with Crippen molar-refractivity contribution in [2.75, 3.05) is 5.32 Å². The van der Waals surface area contributed by atoms with Crippen molar-refractivity contribution in [1.82, 2.24) is 0 Å². The minimum atomic E-state index is -0.0703. The van der Waals surface area contributed by atoms with Gasteiger partial charge in [-0.05, 0) is 62.6 Å². The van der Waals surface area contributed by atoms with Gasteiger partial charge in [0.1, 0.15) is 11.5 Å². The van der Waals surface area contributed by atoms with Crippen LogP contribution in [-0.2, 0) is 0 Å². The SMILES string of the molecule is CC1=CC(C)(C)Nc2ccc3c(c21)/C(=C/c1cccc(C)c1)Oc1ccccc1-3. The summed E-state index contributed by atoms with van der Waals surface area (Å²) in [6.45, 7) is 8.72. The van der Waals surface area contributed by atoms with Crippen LogP contribution in [0.3, 0.4) is 0 Å². The van der Waals surface area contributed by atoms with Crippen molar-refractivity contribution in [3.63, 3.8) is 0 Å². The van der Waals surface area contributed by atoms with Gasteiger partial charge in [0.2, 0.25) is 0 Å². The second-order valence-corrected chi connectivity index (χ2v) is 8.61. The van der Waals surface area contributed by atoms with Crippen LogP contribution in [0, 0.1) is 6.92 Å². The Morgan fingerprint density at radius 1 is 0.862 bits per heavy atom. The molecular weight excluding hydrogens is 354 g/mol. The number of anilines is 1. The quantitative estimate of drug-likeness (QED) is 0.484. The van der Waals surface area contributed by atoms with Gasteiger partial charge in [0.25, 0.3) is 0 Å². The highest BCUT2D eigenvalue weighted by molar-refractivity contribution is 6.00. The molecule has 0 spiro atoms. The summed E-state index contributed by atoms with van der Waals surface area (Å²) in [6, 6.07) is 21.3. The maximum Gasteiger partial charge on any atom is 0.136 e. The van der Waals surface area contributed by atoms with Crippen molar-refractivity contribution in [3.8, 4) is 16.9 Å². The van der Waals surface area contributed by atoms with Gasteiger partial charge in [-0.2, -0.15) is 0 Å². The number of nitrogens with one attached hydrogen (secondary N) is 1. The van der Waals surface area contributed by atoms with Gasteiger partial charge in [-0.25, -0.2) is 0 Å². The lowest BCUT2D eigenvalue weighted by molar-refractivity contribution is 0.514. The summed E-state index contributed by atoms with van der Waals surface area (Å²) in [6.07, 6.45) is 4.47. The predicted octanol–water partition coefficient (Wildman–Crippen LogP) is 7.16. The summed E-state index contributed by atoms with van der Waals surface area (Å²) in [5.41, 5.74) is 9.52. The van der Waals surface area contributed by atoms with E-state index in [9.17, 15) is 0 Å². The van der Waals surface area contributed by atoms with E-state index in [1.165, 1.54) is 27.8 Å². The van der Waals surface area contributed by atoms with E-state index in [4.69, 9.17) is 4.74 Å². The van der Waals surface area contributed by atoms with Crippen molar-refractivity contribution in [1.29, 1.82) is 0 Å². The molecule has 0 aliphatic carbocycles. The molecule has 2 nitrogen and oxygen atoms in total. The van der Waals surface area contributed by atoms with E-state index in [0.29, 0.717) is 0 Å². The molecule has 3 aromatic carbocycles. The first-order valence-corrected chi connectivity index (χ1v) is 10.1. The van der Waals surface area contributed by atoms with Crippen LogP contribution in [0.1, 0.15) is 43.0 Å². The average Bonchev–Trinajstić information content (AvgIpc) is 2.66. The molecule has 0 atom stereocenters. The molecular formula is C27H25NO. The fraction of sp³-hybridized carbons (Fsp3) is 0.185. The van der Waals surface area contributed by atoms with Crippen LogP contribution in [-0.4, -0.2) is 5.54 Å². The van der Waals surface area contributed by atoms with Crippen LogP contribution in [0.5, 0.6) is 5.75 Å². The van der Waals surface area contributed by atoms with E-state index in [2.05, 4.69) is 93.7 Å². The van der Waals surface area contributed by atoms with Crippen LogP contribution in [0.15, 0.2) is 66.7 Å². The normalized spacial score (nSPS) is 17.4. The molecule has 2 aliphatic heterocycles. The van der Waals surface area contributed by atoms with Crippen molar-refractivity contribution < 1.29 is 4.74 Å². The molecule has 0 amide bonds. The first-order chi connectivity index (χ1) is 13.9. The largest absolute Gasteiger partial charge is 0.456 e. The molecule has 29 heavy (non-hydrogen) atoms. The van der Waals surface area contributed by atoms with E-state index in [1.807, 2.05) is 12.1 Å². The van der Waals surface area contributed by atoms with Gasteiger partial charge in [-0.3, -0.25) is 0 Å². The molecule has 2 heterocycles. The number of benzene rings is 3. The molecule has 1 N–H and O–H groups in total. The minimum Gasteiger partial charge on any atom is -0.456 e. The van der Waals surface area contributed by atoms with Gasteiger partial charge in [0.05, 0.1) is 5.54 Å². The zero-order chi connectivity index (χ0) is 20.2. The highest BCUT2D eigenvalue weighted by Crippen LogP contribution is 2.49. The number of hydrogen-bond acceptors (Lipinski definition) is 2. The third-order valence-corrected chi connectivity index (χ3v) is 5.62. The molecule has 0 aromatic heterocycles. The third-order valence-electron chi connectivity index (χ3n) is 5.62. The first kappa shape index (κ1) is 17.8. The van der Waals surface area contributed by atoms with Crippen molar-refractivity contribution >= 4 is 23.1 Å². The van der Waals surface area contributed by atoms with E-state index < -0.39 is 0 Å². The van der Waals surface area contributed by atoms with Crippen LogP contribution >= 0.6 is 0 Å². The smallest absolute Gasteiger partial charge is 0.136 e. The van der Waals surface area contributed by atoms with E-state index in [-0.39, 0.29) is 5.54 Å². The molecule has 3 aromatic rings. The molecule has 0 unspecified atom stereocenters. The molecule has 0 saturated carbocycles. The lowest BCUT2D eigenvalue weighted by atomic mass is 9.83. The van der Waals surface area contributed by atoms with Crippen LogP contribution in [0.25, 0.3) is 28.5 Å². The number of para-hydroxylation sites is 1. The second kappa shape index (κ2) is 6.38. The Bertz CT molecular complexity index is 1200. The van der Waals surface area contributed by atoms with Gasteiger partial charge in [0, 0.05) is 22.4 Å². The summed E-state index contributed by atoms with van der Waals surface area (Å²) in [7, 11) is 0. The number of hydrogen-bond donors (Lipinski definition) is 1. The highest BCUT2D eigenvalue weighted by atomic mass is 16.5. The predicted molar refractivity (Wildman–Crippen MR) is 123 cm³/mol. The number of rotatable bonds is 1. The van der Waals surface area contributed by atoms with Gasteiger partial charge in [-0.15, -0.1) is 0 Å². The zero-order valence-corrected chi connectivity index (χ0v) is 17.3. The molecule has 0 bridgehead atoms. The van der Waals surface area contributed by atoms with E-state index in [1.54, 1.807) is 0 Å². The van der Waals surface area contributed by atoms with Crippen LogP contribution < -0.4 is 10.1 Å². The van der Waals surface area contributed by atoms with Gasteiger partial charge < -0.3 is 10.1 Å². The molecule has 2 heteroatoms. The van der Waals surface area contributed by atoms with Gasteiger partial charge in [0.15, 0.2) is 0 Å². The molecule has 0 radical (unpaired) electrons. The lowest BCUT2D eigenvalue weighted by Gasteiger charge is -2.35. The zero-order valence-electron chi connectivity index (χ0n) is 17.3. The maximum atomic E-state index is 6.47. The number of aryl methyl sites for hydroxylation is 1. The molecule has 0 saturated heterocycles. The first-order valence-electron chi connectivity index (χ1n) is 10.1. The van der Waals surface area contributed by atoms with Crippen LogP contribution in [0.4, 0.5) is 5.69 Å². The van der Waals surface area contributed by atoms with E-state index >= 15 is 0 Å². The Labute approximate surface area is 172 Å². The molecule has 5 rings (SSSR count). The summed E-state index contributed by atoms with van der Waals surface area (Å²) in [5.74, 6) is 1.81. The summed E-state index contributed by atoms with van der Waals surface area (Å²) in [4.78, 5) is 0. The third kappa shape index (κ3) is 3.05. The number of ether oxygens (including phenoxy) is 1. The average molecular weight is 380 g/mol. The Kier molecular flexibility index (Phi) is 3.92. The van der Waals surface area contributed by atoms with Crippen molar-refractivity contribution in [3.05, 3.63) is 89.0 Å². The fourth-order valence-corrected chi connectivity index (χ4v) is 4.55. The van der Waals surface area contributed by atoms with E-state index in [0.717, 1.165) is 28.3 Å². The topological polar surface area (TPSA) is 21.3 Å². The Morgan fingerprint density at radius 2 is 1.69 bits per heavy atom. The molecule has 0 fully saturated rings. The Morgan fingerprint density at radius 3 is 2.52 bits per heavy atom. The minimum absolute atomic E-state index is 0.0703. The van der Waals surface area contributed by atoms with Gasteiger partial charge in [-0.1, -0.05) is 60.2 Å². The Hall–Kier alpha value is -3.26. The standard InChI is InChI=1S/C27H25NO/c1-17-8-7-9-19(14-17)15-24-26-21(20-10-5-6-11-23(20)29-24)12-13-22-25(26)18(2)16-27(3,4)28-22/h5-16,28H,1-4H3/b24-15-. The highest BCUT2D eigenvalue weighted by Gasteiger charge is 2.30. The Balaban J connectivity index is 1.80.